The highest BCUT2D eigenvalue weighted by Gasteiger charge is 2.10. The average Bonchev–Trinajstić information content (AvgIpc) is 2.26. The number of aliphatic hydroxyl groups is 1. The van der Waals surface area contributed by atoms with Gasteiger partial charge in [-0.3, -0.25) is 4.79 Å². The standard InChI is InChI=1S/C14H21NO2/c1-10-5-4-6-13(9-10)12(3)15-14(17)8-7-11(2)16/h4-6,9,11-12,16H,7-8H2,1-3H3,(H,15,17)/t11?,12-/m0/s1. The molecule has 3 heteroatoms. The first kappa shape index (κ1) is 13.7. The normalized spacial score (nSPS) is 14.1. The summed E-state index contributed by atoms with van der Waals surface area (Å²) in [5, 5.41) is 12.0. The summed E-state index contributed by atoms with van der Waals surface area (Å²) in [6.07, 6.45) is 0.454. The molecule has 1 unspecified atom stereocenters. The third-order valence-corrected chi connectivity index (χ3v) is 2.71. The lowest BCUT2D eigenvalue weighted by Gasteiger charge is -2.15. The molecule has 3 nitrogen and oxygen atoms in total. The maximum Gasteiger partial charge on any atom is 0.220 e. The molecule has 0 aliphatic heterocycles. The highest BCUT2D eigenvalue weighted by atomic mass is 16.3. The zero-order chi connectivity index (χ0) is 12.8. The lowest BCUT2D eigenvalue weighted by atomic mass is 10.1. The van der Waals surface area contributed by atoms with Crippen molar-refractivity contribution in [3.8, 4) is 0 Å². The molecule has 0 spiro atoms. The van der Waals surface area contributed by atoms with Crippen molar-refractivity contribution in [2.75, 3.05) is 0 Å². The number of rotatable bonds is 5. The molecule has 0 bridgehead atoms. The van der Waals surface area contributed by atoms with Crippen LogP contribution >= 0.6 is 0 Å². The first-order valence-corrected chi connectivity index (χ1v) is 6.03. The van der Waals surface area contributed by atoms with E-state index in [0.717, 1.165) is 5.56 Å². The number of nitrogens with one attached hydrogen (secondary N) is 1. The van der Waals surface area contributed by atoms with Crippen molar-refractivity contribution in [2.24, 2.45) is 0 Å². The van der Waals surface area contributed by atoms with Crippen molar-refractivity contribution in [2.45, 2.75) is 45.8 Å². The van der Waals surface area contributed by atoms with Gasteiger partial charge in [0.15, 0.2) is 0 Å². The lowest BCUT2D eigenvalue weighted by Crippen LogP contribution is -2.27. The number of benzene rings is 1. The molecule has 17 heavy (non-hydrogen) atoms. The minimum Gasteiger partial charge on any atom is -0.393 e. The van der Waals surface area contributed by atoms with Gasteiger partial charge in [-0.05, 0) is 32.8 Å². The summed E-state index contributed by atoms with van der Waals surface area (Å²) in [7, 11) is 0. The molecule has 0 saturated carbocycles. The van der Waals surface area contributed by atoms with Gasteiger partial charge in [0.05, 0.1) is 12.1 Å². The van der Waals surface area contributed by atoms with Crippen LogP contribution in [0.4, 0.5) is 0 Å². The maximum absolute atomic E-state index is 11.6. The summed E-state index contributed by atoms with van der Waals surface area (Å²) in [6, 6.07) is 8.11. The molecule has 0 aliphatic rings. The van der Waals surface area contributed by atoms with Crippen molar-refractivity contribution in [3.05, 3.63) is 35.4 Å². The second-order valence-corrected chi connectivity index (χ2v) is 4.59. The van der Waals surface area contributed by atoms with Crippen molar-refractivity contribution in [1.29, 1.82) is 0 Å². The van der Waals surface area contributed by atoms with Crippen molar-refractivity contribution < 1.29 is 9.90 Å². The van der Waals surface area contributed by atoms with E-state index in [0.29, 0.717) is 12.8 Å². The molecule has 0 aliphatic carbocycles. The number of hydrogen-bond donors (Lipinski definition) is 2. The third-order valence-electron chi connectivity index (χ3n) is 2.71. The van der Waals surface area contributed by atoms with Crippen LogP contribution in [0.15, 0.2) is 24.3 Å². The minimum atomic E-state index is -0.421. The largest absolute Gasteiger partial charge is 0.393 e. The third kappa shape index (κ3) is 5.00. The van der Waals surface area contributed by atoms with Crippen LogP contribution in [0.5, 0.6) is 0 Å². The van der Waals surface area contributed by atoms with E-state index >= 15 is 0 Å². The van der Waals surface area contributed by atoms with Crippen molar-refractivity contribution in [3.63, 3.8) is 0 Å². The Hall–Kier alpha value is -1.35. The molecule has 2 atom stereocenters. The van der Waals surface area contributed by atoms with Gasteiger partial charge >= 0.3 is 0 Å². The average molecular weight is 235 g/mol. The predicted octanol–water partition coefficient (Wildman–Crippen LogP) is 2.33. The van der Waals surface area contributed by atoms with Gasteiger partial charge in [-0.15, -0.1) is 0 Å². The SMILES string of the molecule is Cc1cccc([C@H](C)NC(=O)CCC(C)O)c1. The van der Waals surface area contributed by atoms with Crippen LogP contribution in [0, 0.1) is 6.92 Å². The topological polar surface area (TPSA) is 49.3 Å². The fourth-order valence-electron chi connectivity index (χ4n) is 1.68. The second kappa shape index (κ2) is 6.40. The summed E-state index contributed by atoms with van der Waals surface area (Å²) in [5.74, 6) is -0.0140. The van der Waals surface area contributed by atoms with Crippen LogP contribution in [-0.2, 0) is 4.79 Å². The molecule has 0 radical (unpaired) electrons. The van der Waals surface area contributed by atoms with E-state index in [-0.39, 0.29) is 11.9 Å². The fraction of sp³-hybridized carbons (Fsp3) is 0.500. The number of amides is 1. The summed E-state index contributed by atoms with van der Waals surface area (Å²) in [6.45, 7) is 5.69. The molecule has 0 fully saturated rings. The van der Waals surface area contributed by atoms with Crippen LogP contribution in [0.25, 0.3) is 0 Å². The highest BCUT2D eigenvalue weighted by molar-refractivity contribution is 5.76. The monoisotopic (exact) mass is 235 g/mol. The second-order valence-electron chi connectivity index (χ2n) is 4.59. The van der Waals surface area contributed by atoms with Crippen LogP contribution in [0.1, 0.15) is 43.9 Å². The smallest absolute Gasteiger partial charge is 0.220 e. The fourth-order valence-corrected chi connectivity index (χ4v) is 1.68. The molecule has 94 valence electrons. The van der Waals surface area contributed by atoms with Gasteiger partial charge < -0.3 is 10.4 Å². The Bertz CT molecular complexity index is 374. The molecule has 1 amide bonds. The number of carbonyl (C=O) groups excluding carboxylic acids is 1. The Morgan fingerprint density at radius 3 is 2.71 bits per heavy atom. The summed E-state index contributed by atoms with van der Waals surface area (Å²) in [5.41, 5.74) is 2.29. The summed E-state index contributed by atoms with van der Waals surface area (Å²) in [4.78, 5) is 11.6. The molecule has 1 rings (SSSR count). The van der Waals surface area contributed by atoms with Crippen molar-refractivity contribution in [1.82, 2.24) is 5.32 Å². The Labute approximate surface area is 103 Å². The quantitative estimate of drug-likeness (QED) is 0.823. The Kier molecular flexibility index (Phi) is 5.16. The van der Waals surface area contributed by atoms with E-state index in [2.05, 4.69) is 11.4 Å². The molecule has 0 aromatic heterocycles. The van der Waals surface area contributed by atoms with Gasteiger partial charge in [0.1, 0.15) is 0 Å². The number of carbonyl (C=O) groups is 1. The molecule has 0 saturated heterocycles. The molecular weight excluding hydrogens is 214 g/mol. The van der Waals surface area contributed by atoms with E-state index in [1.807, 2.05) is 32.0 Å². The van der Waals surface area contributed by atoms with E-state index in [9.17, 15) is 4.79 Å². The Morgan fingerprint density at radius 1 is 1.41 bits per heavy atom. The van der Waals surface area contributed by atoms with E-state index < -0.39 is 6.10 Å². The van der Waals surface area contributed by atoms with Gasteiger partial charge in [-0.1, -0.05) is 29.8 Å². The molecule has 1 aromatic rings. The maximum atomic E-state index is 11.6. The Morgan fingerprint density at radius 2 is 2.12 bits per heavy atom. The van der Waals surface area contributed by atoms with Gasteiger partial charge in [-0.2, -0.15) is 0 Å². The lowest BCUT2D eigenvalue weighted by molar-refractivity contribution is -0.122. The minimum absolute atomic E-state index is 0.0106. The molecule has 1 aromatic carbocycles. The zero-order valence-electron chi connectivity index (χ0n) is 10.7. The zero-order valence-corrected chi connectivity index (χ0v) is 10.7. The predicted molar refractivity (Wildman–Crippen MR) is 68.7 cm³/mol. The van der Waals surface area contributed by atoms with Gasteiger partial charge in [0.2, 0.25) is 5.91 Å². The van der Waals surface area contributed by atoms with E-state index in [1.165, 1.54) is 5.56 Å². The van der Waals surface area contributed by atoms with Crippen LogP contribution in [0.3, 0.4) is 0 Å². The van der Waals surface area contributed by atoms with Gasteiger partial charge in [0.25, 0.3) is 0 Å². The molecular formula is C14H21NO2. The number of aliphatic hydroxyl groups excluding tert-OH is 1. The number of aryl methyl sites for hydroxylation is 1. The number of hydrogen-bond acceptors (Lipinski definition) is 2. The first-order valence-electron chi connectivity index (χ1n) is 6.03. The first-order chi connectivity index (χ1) is 7.99. The summed E-state index contributed by atoms with van der Waals surface area (Å²) >= 11 is 0. The Balaban J connectivity index is 2.48. The van der Waals surface area contributed by atoms with Crippen LogP contribution in [-0.4, -0.2) is 17.1 Å². The molecule has 0 heterocycles. The van der Waals surface area contributed by atoms with E-state index in [4.69, 9.17) is 5.11 Å². The molecule has 2 N–H and O–H groups in total. The van der Waals surface area contributed by atoms with Crippen LogP contribution < -0.4 is 5.32 Å². The van der Waals surface area contributed by atoms with Crippen LogP contribution in [0.2, 0.25) is 0 Å². The van der Waals surface area contributed by atoms with E-state index in [1.54, 1.807) is 6.92 Å². The van der Waals surface area contributed by atoms with Crippen molar-refractivity contribution >= 4 is 5.91 Å². The highest BCUT2D eigenvalue weighted by Crippen LogP contribution is 2.14. The van der Waals surface area contributed by atoms with Gasteiger partial charge in [-0.25, -0.2) is 0 Å². The van der Waals surface area contributed by atoms with Gasteiger partial charge in [0, 0.05) is 6.42 Å². The summed E-state index contributed by atoms with van der Waals surface area (Å²) < 4.78 is 0.